The van der Waals surface area contributed by atoms with Gasteiger partial charge < -0.3 is 4.90 Å². The maximum Gasteiger partial charge on any atom is 0.209 e. The summed E-state index contributed by atoms with van der Waals surface area (Å²) in [5.74, 6) is 0.859. The summed E-state index contributed by atoms with van der Waals surface area (Å²) in [5, 5.41) is 0.907. The molecular formula is C17H22Cl2N4OS. The average molecular weight is 401 g/mol. The van der Waals surface area contributed by atoms with E-state index in [9.17, 15) is 4.21 Å². The number of halogens is 2. The molecule has 1 atom stereocenters. The zero-order chi connectivity index (χ0) is 17.4. The molecule has 2 heterocycles. The minimum atomic E-state index is -1.31. The summed E-state index contributed by atoms with van der Waals surface area (Å²) in [7, 11) is -1.31. The lowest BCUT2D eigenvalue weighted by atomic mass is 9.91. The second kappa shape index (κ2) is 7.43. The SMILES string of the molecule is O=S(c1ccc(Cl)c(Cl)c1)N1CCN=C1N1CCN(C2CCC2)CC1. The van der Waals surface area contributed by atoms with Crippen LogP contribution in [0, 0.1) is 0 Å². The van der Waals surface area contributed by atoms with Crippen LogP contribution in [0.5, 0.6) is 0 Å². The van der Waals surface area contributed by atoms with E-state index in [2.05, 4.69) is 14.8 Å². The summed E-state index contributed by atoms with van der Waals surface area (Å²) in [5.41, 5.74) is 0. The molecule has 0 N–H and O–H groups in total. The van der Waals surface area contributed by atoms with Crippen molar-refractivity contribution >= 4 is 40.1 Å². The molecule has 3 aliphatic rings. The van der Waals surface area contributed by atoms with Gasteiger partial charge in [-0.25, -0.2) is 4.21 Å². The number of benzene rings is 1. The molecular weight excluding hydrogens is 379 g/mol. The highest BCUT2D eigenvalue weighted by Gasteiger charge is 2.33. The average Bonchev–Trinajstić information content (AvgIpc) is 3.05. The molecule has 0 amide bonds. The Morgan fingerprint density at radius 3 is 2.44 bits per heavy atom. The van der Waals surface area contributed by atoms with Crippen LogP contribution in [0.3, 0.4) is 0 Å². The van der Waals surface area contributed by atoms with Gasteiger partial charge in [-0.1, -0.05) is 29.6 Å². The summed E-state index contributed by atoms with van der Waals surface area (Å²) in [6, 6.07) is 5.94. The number of guanidine groups is 1. The topological polar surface area (TPSA) is 39.2 Å². The van der Waals surface area contributed by atoms with Crippen LogP contribution in [0.4, 0.5) is 0 Å². The lowest BCUT2D eigenvalue weighted by Crippen LogP contribution is -2.55. The Morgan fingerprint density at radius 1 is 1.04 bits per heavy atom. The molecule has 8 heteroatoms. The Hall–Kier alpha value is -0.820. The third-order valence-electron chi connectivity index (χ3n) is 5.26. The van der Waals surface area contributed by atoms with Crippen LogP contribution in [-0.2, 0) is 11.0 Å². The highest BCUT2D eigenvalue weighted by atomic mass is 35.5. The lowest BCUT2D eigenvalue weighted by Gasteiger charge is -2.44. The fraction of sp³-hybridized carbons (Fsp3) is 0.588. The number of aliphatic imine (C=N–C) groups is 1. The quantitative estimate of drug-likeness (QED) is 0.782. The van der Waals surface area contributed by atoms with Gasteiger partial charge in [0.05, 0.1) is 28.0 Å². The van der Waals surface area contributed by atoms with Gasteiger partial charge in [0.2, 0.25) is 5.96 Å². The first-order valence-corrected chi connectivity index (χ1v) is 10.7. The molecule has 136 valence electrons. The first-order valence-electron chi connectivity index (χ1n) is 8.81. The van der Waals surface area contributed by atoms with E-state index in [0.717, 1.165) is 38.2 Å². The number of hydrogen-bond acceptors (Lipinski definition) is 4. The van der Waals surface area contributed by atoms with E-state index in [1.54, 1.807) is 18.2 Å². The summed E-state index contributed by atoms with van der Waals surface area (Å²) in [4.78, 5) is 10.2. The Bertz CT molecular complexity index is 702. The van der Waals surface area contributed by atoms with E-state index in [1.165, 1.54) is 19.3 Å². The molecule has 1 saturated heterocycles. The van der Waals surface area contributed by atoms with E-state index < -0.39 is 11.0 Å². The van der Waals surface area contributed by atoms with Gasteiger partial charge >= 0.3 is 0 Å². The zero-order valence-electron chi connectivity index (χ0n) is 14.0. The Balaban J connectivity index is 1.43. The van der Waals surface area contributed by atoms with Crippen molar-refractivity contribution in [2.75, 3.05) is 39.3 Å². The molecule has 1 unspecified atom stereocenters. The van der Waals surface area contributed by atoms with Crippen LogP contribution in [0.2, 0.25) is 10.0 Å². The Labute approximate surface area is 161 Å². The first-order chi connectivity index (χ1) is 12.1. The number of hydrogen-bond donors (Lipinski definition) is 0. The molecule has 0 aromatic heterocycles. The van der Waals surface area contributed by atoms with Crippen molar-refractivity contribution in [3.05, 3.63) is 28.2 Å². The van der Waals surface area contributed by atoms with Crippen molar-refractivity contribution in [1.29, 1.82) is 0 Å². The van der Waals surface area contributed by atoms with Gasteiger partial charge in [0.25, 0.3) is 0 Å². The summed E-state index contributed by atoms with van der Waals surface area (Å²) < 4.78 is 14.9. The van der Waals surface area contributed by atoms with Crippen LogP contribution in [-0.4, -0.2) is 69.6 Å². The molecule has 2 fully saturated rings. The highest BCUT2D eigenvalue weighted by Crippen LogP contribution is 2.28. The van der Waals surface area contributed by atoms with Gasteiger partial charge in [-0.05, 0) is 31.0 Å². The van der Waals surface area contributed by atoms with E-state index in [0.29, 0.717) is 28.0 Å². The molecule has 25 heavy (non-hydrogen) atoms. The predicted molar refractivity (Wildman–Crippen MR) is 103 cm³/mol. The molecule has 1 aromatic carbocycles. The summed E-state index contributed by atoms with van der Waals surface area (Å²) >= 11 is 12.1. The maximum atomic E-state index is 13.0. The third kappa shape index (κ3) is 3.54. The van der Waals surface area contributed by atoms with Crippen molar-refractivity contribution in [2.45, 2.75) is 30.2 Å². The van der Waals surface area contributed by atoms with Gasteiger partial charge in [-0.15, -0.1) is 0 Å². The molecule has 0 bridgehead atoms. The largest absolute Gasteiger partial charge is 0.339 e. The van der Waals surface area contributed by atoms with Crippen LogP contribution < -0.4 is 0 Å². The van der Waals surface area contributed by atoms with E-state index in [4.69, 9.17) is 23.2 Å². The molecule has 1 aliphatic carbocycles. The predicted octanol–water partition coefficient (Wildman–Crippen LogP) is 2.86. The first kappa shape index (κ1) is 17.6. The van der Waals surface area contributed by atoms with Crippen LogP contribution >= 0.6 is 23.2 Å². The standard InChI is InChI=1S/C17H22Cl2N4OS/c18-15-5-4-14(12-16(15)19)25(24)23-7-6-20-17(23)22-10-8-21(9-11-22)13-2-1-3-13/h4-5,12-13H,1-3,6-11H2. The highest BCUT2D eigenvalue weighted by molar-refractivity contribution is 7.83. The van der Waals surface area contributed by atoms with Crippen molar-refractivity contribution in [2.24, 2.45) is 4.99 Å². The maximum absolute atomic E-state index is 13.0. The summed E-state index contributed by atoms with van der Waals surface area (Å²) in [6.07, 6.45) is 4.05. The number of rotatable bonds is 3. The Morgan fingerprint density at radius 2 is 1.80 bits per heavy atom. The minimum absolute atomic E-state index is 0.430. The van der Waals surface area contributed by atoms with E-state index >= 15 is 0 Å². The normalized spacial score (nSPS) is 23.5. The number of piperazine rings is 1. The second-order valence-corrected chi connectivity index (χ2v) is 8.94. The molecule has 1 saturated carbocycles. The second-order valence-electron chi connectivity index (χ2n) is 6.72. The molecule has 0 radical (unpaired) electrons. The minimum Gasteiger partial charge on any atom is -0.339 e. The van der Waals surface area contributed by atoms with Gasteiger partial charge in [0.1, 0.15) is 0 Å². The van der Waals surface area contributed by atoms with Crippen molar-refractivity contribution < 1.29 is 4.21 Å². The monoisotopic (exact) mass is 400 g/mol. The van der Waals surface area contributed by atoms with Gasteiger partial charge in [-0.3, -0.25) is 14.2 Å². The Kier molecular flexibility index (Phi) is 5.23. The van der Waals surface area contributed by atoms with Gasteiger partial charge in [0.15, 0.2) is 11.0 Å². The summed E-state index contributed by atoms with van der Waals surface area (Å²) in [6.45, 7) is 5.39. The van der Waals surface area contributed by atoms with Crippen LogP contribution in [0.25, 0.3) is 0 Å². The lowest BCUT2D eigenvalue weighted by molar-refractivity contribution is 0.0834. The molecule has 0 spiro atoms. The van der Waals surface area contributed by atoms with Gasteiger partial charge in [0, 0.05) is 32.2 Å². The van der Waals surface area contributed by atoms with Crippen molar-refractivity contribution in [1.82, 2.24) is 14.1 Å². The van der Waals surface area contributed by atoms with Crippen LogP contribution in [0.15, 0.2) is 28.1 Å². The van der Waals surface area contributed by atoms with Crippen molar-refractivity contribution in [3.63, 3.8) is 0 Å². The molecule has 1 aromatic rings. The fourth-order valence-corrected chi connectivity index (χ4v) is 5.18. The third-order valence-corrected chi connectivity index (χ3v) is 7.40. The van der Waals surface area contributed by atoms with E-state index in [-0.39, 0.29) is 0 Å². The zero-order valence-corrected chi connectivity index (χ0v) is 16.4. The van der Waals surface area contributed by atoms with Crippen molar-refractivity contribution in [3.8, 4) is 0 Å². The fourth-order valence-electron chi connectivity index (χ4n) is 3.59. The van der Waals surface area contributed by atoms with Crippen LogP contribution in [0.1, 0.15) is 19.3 Å². The molecule has 2 aliphatic heterocycles. The number of nitrogens with zero attached hydrogens (tertiary/aromatic N) is 4. The van der Waals surface area contributed by atoms with Gasteiger partial charge in [-0.2, -0.15) is 0 Å². The van der Waals surface area contributed by atoms with E-state index in [1.807, 2.05) is 4.31 Å². The molecule has 4 rings (SSSR count). The molecule has 5 nitrogen and oxygen atoms in total. The smallest absolute Gasteiger partial charge is 0.209 e.